The Balaban J connectivity index is 2.00. The highest BCUT2D eigenvalue weighted by Crippen LogP contribution is 2.19. The first-order chi connectivity index (χ1) is 8.29. The Labute approximate surface area is 110 Å². The fourth-order valence-electron chi connectivity index (χ4n) is 1.59. The molecule has 0 saturated heterocycles. The van der Waals surface area contributed by atoms with E-state index in [1.165, 1.54) is 11.1 Å². The summed E-state index contributed by atoms with van der Waals surface area (Å²) < 4.78 is 0.991. The fourth-order valence-corrected chi connectivity index (χ4v) is 1.99. The van der Waals surface area contributed by atoms with Gasteiger partial charge >= 0.3 is 0 Å². The van der Waals surface area contributed by atoms with E-state index in [1.54, 1.807) is 6.20 Å². The third kappa shape index (κ3) is 3.30. The molecule has 0 bridgehead atoms. The minimum atomic E-state index is 0.791. The van der Waals surface area contributed by atoms with E-state index in [4.69, 9.17) is 0 Å². The fraction of sp³-hybridized carbons (Fsp3) is 0.214. The first-order valence-electron chi connectivity index (χ1n) is 5.72. The molecular formula is C14H15BrN2. The molecule has 17 heavy (non-hydrogen) atoms. The van der Waals surface area contributed by atoms with Crippen molar-refractivity contribution < 1.29 is 0 Å². The van der Waals surface area contributed by atoms with Gasteiger partial charge in [0.25, 0.3) is 0 Å². The van der Waals surface area contributed by atoms with Gasteiger partial charge in [0, 0.05) is 12.7 Å². The summed E-state index contributed by atoms with van der Waals surface area (Å²) in [6, 6.07) is 12.5. The average molecular weight is 291 g/mol. The highest BCUT2D eigenvalue weighted by molar-refractivity contribution is 9.10. The van der Waals surface area contributed by atoms with Crippen molar-refractivity contribution in [1.29, 1.82) is 0 Å². The maximum atomic E-state index is 4.27. The molecule has 3 heteroatoms. The first-order valence-corrected chi connectivity index (χ1v) is 6.51. The Morgan fingerprint density at radius 1 is 1.12 bits per heavy atom. The molecule has 0 saturated carbocycles. The molecule has 88 valence electrons. The van der Waals surface area contributed by atoms with Crippen molar-refractivity contribution in [2.45, 2.75) is 19.9 Å². The highest BCUT2D eigenvalue weighted by atomic mass is 79.9. The molecule has 0 amide bonds. The number of aromatic nitrogens is 1. The lowest BCUT2D eigenvalue weighted by Gasteiger charge is -2.07. The van der Waals surface area contributed by atoms with Crippen molar-refractivity contribution in [2.75, 3.05) is 5.32 Å². The molecule has 0 fully saturated rings. The summed E-state index contributed by atoms with van der Waals surface area (Å²) in [6.07, 6.45) is 2.87. The predicted molar refractivity (Wildman–Crippen MR) is 75.1 cm³/mol. The van der Waals surface area contributed by atoms with Crippen molar-refractivity contribution in [3.63, 3.8) is 0 Å². The zero-order valence-electron chi connectivity index (χ0n) is 9.78. The molecule has 1 N–H and O–H groups in total. The molecular weight excluding hydrogens is 276 g/mol. The topological polar surface area (TPSA) is 24.9 Å². The normalized spacial score (nSPS) is 10.2. The second kappa shape index (κ2) is 5.82. The van der Waals surface area contributed by atoms with Crippen molar-refractivity contribution in [2.24, 2.45) is 0 Å². The SMILES string of the molecule is CCc1ccc(CNc2ncccc2Br)cc1. The van der Waals surface area contributed by atoms with Crippen LogP contribution in [-0.2, 0) is 13.0 Å². The molecule has 0 aliphatic rings. The summed E-state index contributed by atoms with van der Waals surface area (Å²) in [5, 5.41) is 3.31. The third-order valence-corrected chi connectivity index (χ3v) is 3.29. The molecule has 0 aliphatic carbocycles. The first kappa shape index (κ1) is 12.1. The molecule has 0 spiro atoms. The van der Waals surface area contributed by atoms with Crippen LogP contribution < -0.4 is 5.32 Å². The van der Waals surface area contributed by atoms with Gasteiger partial charge in [0.1, 0.15) is 5.82 Å². The number of hydrogen-bond donors (Lipinski definition) is 1. The van der Waals surface area contributed by atoms with Gasteiger partial charge in [-0.2, -0.15) is 0 Å². The van der Waals surface area contributed by atoms with Gasteiger partial charge < -0.3 is 5.32 Å². The van der Waals surface area contributed by atoms with E-state index in [2.05, 4.69) is 57.4 Å². The number of nitrogens with one attached hydrogen (secondary N) is 1. The van der Waals surface area contributed by atoms with Crippen LogP contribution in [0, 0.1) is 0 Å². The van der Waals surface area contributed by atoms with E-state index in [0.717, 1.165) is 23.3 Å². The lowest BCUT2D eigenvalue weighted by atomic mass is 10.1. The van der Waals surface area contributed by atoms with Gasteiger partial charge in [0.2, 0.25) is 0 Å². The van der Waals surface area contributed by atoms with Gasteiger partial charge in [0.15, 0.2) is 0 Å². The van der Waals surface area contributed by atoms with E-state index >= 15 is 0 Å². The van der Waals surface area contributed by atoms with Gasteiger partial charge in [-0.1, -0.05) is 31.2 Å². The maximum absolute atomic E-state index is 4.27. The van der Waals surface area contributed by atoms with E-state index < -0.39 is 0 Å². The van der Waals surface area contributed by atoms with E-state index in [0.29, 0.717) is 0 Å². The summed E-state index contributed by atoms with van der Waals surface area (Å²) in [5.41, 5.74) is 2.63. The Morgan fingerprint density at radius 2 is 1.82 bits per heavy atom. The molecule has 2 nitrogen and oxygen atoms in total. The Kier molecular flexibility index (Phi) is 4.15. The van der Waals surface area contributed by atoms with Crippen molar-refractivity contribution in [3.05, 3.63) is 58.2 Å². The maximum Gasteiger partial charge on any atom is 0.140 e. The number of anilines is 1. The van der Waals surface area contributed by atoms with Gasteiger partial charge in [-0.25, -0.2) is 4.98 Å². The summed E-state index contributed by atoms with van der Waals surface area (Å²) in [7, 11) is 0. The number of hydrogen-bond acceptors (Lipinski definition) is 2. The van der Waals surface area contributed by atoms with Crippen LogP contribution in [0.2, 0.25) is 0 Å². The minimum absolute atomic E-state index is 0.791. The van der Waals surface area contributed by atoms with Gasteiger partial charge in [-0.3, -0.25) is 0 Å². The average Bonchev–Trinajstić information content (AvgIpc) is 2.38. The van der Waals surface area contributed by atoms with Gasteiger partial charge in [0.05, 0.1) is 4.47 Å². The summed E-state index contributed by atoms with van der Waals surface area (Å²) in [5.74, 6) is 0.882. The smallest absolute Gasteiger partial charge is 0.140 e. The van der Waals surface area contributed by atoms with Crippen molar-refractivity contribution >= 4 is 21.7 Å². The Morgan fingerprint density at radius 3 is 2.47 bits per heavy atom. The predicted octanol–water partition coefficient (Wildman–Crippen LogP) is 4.02. The van der Waals surface area contributed by atoms with Crippen molar-refractivity contribution in [1.82, 2.24) is 4.98 Å². The molecule has 0 atom stereocenters. The van der Waals surface area contributed by atoms with Crippen LogP contribution in [0.3, 0.4) is 0 Å². The second-order valence-electron chi connectivity index (χ2n) is 3.86. The zero-order chi connectivity index (χ0) is 12.1. The van der Waals surface area contributed by atoms with E-state index in [9.17, 15) is 0 Å². The van der Waals surface area contributed by atoms with Crippen LogP contribution in [-0.4, -0.2) is 4.98 Å². The summed E-state index contributed by atoms with van der Waals surface area (Å²) >= 11 is 3.47. The second-order valence-corrected chi connectivity index (χ2v) is 4.71. The van der Waals surface area contributed by atoms with Crippen LogP contribution in [0.1, 0.15) is 18.1 Å². The molecule has 2 rings (SSSR count). The van der Waals surface area contributed by atoms with Crippen LogP contribution in [0.15, 0.2) is 47.1 Å². The number of pyridine rings is 1. The lowest BCUT2D eigenvalue weighted by molar-refractivity contribution is 1.09. The largest absolute Gasteiger partial charge is 0.365 e. The number of benzene rings is 1. The number of nitrogens with zero attached hydrogens (tertiary/aromatic N) is 1. The number of aryl methyl sites for hydroxylation is 1. The molecule has 1 heterocycles. The molecule has 2 aromatic rings. The molecule has 0 unspecified atom stereocenters. The Bertz CT molecular complexity index is 480. The van der Waals surface area contributed by atoms with Crippen LogP contribution in [0.4, 0.5) is 5.82 Å². The number of halogens is 1. The molecule has 0 radical (unpaired) electrons. The zero-order valence-corrected chi connectivity index (χ0v) is 11.4. The molecule has 1 aromatic carbocycles. The Hall–Kier alpha value is -1.35. The van der Waals surface area contributed by atoms with Crippen molar-refractivity contribution in [3.8, 4) is 0 Å². The number of rotatable bonds is 4. The van der Waals surface area contributed by atoms with Crippen LogP contribution in [0.5, 0.6) is 0 Å². The van der Waals surface area contributed by atoms with E-state index in [1.807, 2.05) is 12.1 Å². The van der Waals surface area contributed by atoms with Gasteiger partial charge in [-0.15, -0.1) is 0 Å². The quantitative estimate of drug-likeness (QED) is 0.920. The van der Waals surface area contributed by atoms with Crippen LogP contribution in [0.25, 0.3) is 0 Å². The highest BCUT2D eigenvalue weighted by Gasteiger charge is 1.99. The third-order valence-electron chi connectivity index (χ3n) is 2.65. The molecule has 0 aliphatic heterocycles. The lowest BCUT2D eigenvalue weighted by Crippen LogP contribution is -2.01. The van der Waals surface area contributed by atoms with Gasteiger partial charge in [-0.05, 0) is 45.6 Å². The van der Waals surface area contributed by atoms with E-state index in [-0.39, 0.29) is 0 Å². The standard InChI is InChI=1S/C14H15BrN2/c1-2-11-5-7-12(8-6-11)10-17-14-13(15)4-3-9-16-14/h3-9H,2,10H2,1H3,(H,16,17). The summed E-state index contributed by atoms with van der Waals surface area (Å²) in [4.78, 5) is 4.27. The monoisotopic (exact) mass is 290 g/mol. The molecule has 1 aromatic heterocycles. The van der Waals surface area contributed by atoms with Crippen LogP contribution >= 0.6 is 15.9 Å². The minimum Gasteiger partial charge on any atom is -0.365 e. The summed E-state index contributed by atoms with van der Waals surface area (Å²) in [6.45, 7) is 2.96.